The van der Waals surface area contributed by atoms with Crippen molar-refractivity contribution in [1.29, 1.82) is 0 Å². The zero-order valence-corrected chi connectivity index (χ0v) is 13.4. The molecule has 0 saturated heterocycles. The Labute approximate surface area is 124 Å². The number of hydrogen-bond donors (Lipinski definition) is 1. The third kappa shape index (κ3) is 4.20. The van der Waals surface area contributed by atoms with Crippen LogP contribution < -0.4 is 4.72 Å². The molecule has 1 unspecified atom stereocenters. The van der Waals surface area contributed by atoms with Gasteiger partial charge in [-0.25, -0.2) is 13.1 Å². The van der Waals surface area contributed by atoms with Gasteiger partial charge in [-0.2, -0.15) is 13.2 Å². The molecule has 114 valence electrons. The molecule has 0 amide bonds. The minimum Gasteiger partial charge on any atom is -0.208 e. The second-order valence-corrected chi connectivity index (χ2v) is 6.90. The lowest BCUT2D eigenvalue weighted by Gasteiger charge is -2.17. The average Bonchev–Trinajstić information content (AvgIpc) is 2.26. The molecular weight excluding hydrogens is 359 g/mol. The Hall–Kier alpha value is -0.600. The van der Waals surface area contributed by atoms with Gasteiger partial charge in [0.05, 0.1) is 10.5 Å². The maximum atomic E-state index is 12.8. The monoisotopic (exact) mass is 373 g/mol. The van der Waals surface area contributed by atoms with Crippen LogP contribution in [0.15, 0.2) is 23.1 Å². The number of rotatable bonds is 5. The normalized spacial score (nSPS) is 14.3. The fourth-order valence-corrected chi connectivity index (χ4v) is 4.00. The molecule has 0 aliphatic heterocycles. The first-order chi connectivity index (χ1) is 9.09. The van der Waals surface area contributed by atoms with E-state index in [9.17, 15) is 21.6 Å². The highest BCUT2D eigenvalue weighted by Crippen LogP contribution is 2.34. The van der Waals surface area contributed by atoms with Crippen molar-refractivity contribution >= 4 is 26.0 Å². The van der Waals surface area contributed by atoms with Crippen LogP contribution >= 0.6 is 15.9 Å². The number of sulfonamides is 1. The van der Waals surface area contributed by atoms with Crippen LogP contribution in [-0.4, -0.2) is 19.8 Å². The number of nitrogens with one attached hydrogen (secondary N) is 1. The van der Waals surface area contributed by atoms with Crippen molar-refractivity contribution in [3.63, 3.8) is 0 Å². The van der Waals surface area contributed by atoms with E-state index in [2.05, 4.69) is 20.7 Å². The highest BCUT2D eigenvalue weighted by molar-refractivity contribution is 9.09. The van der Waals surface area contributed by atoms with Crippen LogP contribution in [0.2, 0.25) is 0 Å². The topological polar surface area (TPSA) is 46.2 Å². The van der Waals surface area contributed by atoms with E-state index in [1.807, 2.05) is 0 Å². The van der Waals surface area contributed by atoms with Crippen molar-refractivity contribution in [3.8, 4) is 0 Å². The average molecular weight is 374 g/mol. The summed E-state index contributed by atoms with van der Waals surface area (Å²) in [7, 11) is -3.97. The summed E-state index contributed by atoms with van der Waals surface area (Å²) in [6, 6.07) is 2.78. The Morgan fingerprint density at radius 1 is 1.35 bits per heavy atom. The van der Waals surface area contributed by atoms with Crippen LogP contribution in [0.25, 0.3) is 0 Å². The zero-order valence-electron chi connectivity index (χ0n) is 11.0. The van der Waals surface area contributed by atoms with Crippen molar-refractivity contribution in [2.24, 2.45) is 0 Å². The van der Waals surface area contributed by atoms with Gasteiger partial charge in [0, 0.05) is 11.4 Å². The van der Waals surface area contributed by atoms with Crippen molar-refractivity contribution in [3.05, 3.63) is 29.3 Å². The van der Waals surface area contributed by atoms with Crippen molar-refractivity contribution in [1.82, 2.24) is 4.72 Å². The number of halogens is 4. The van der Waals surface area contributed by atoms with Crippen LogP contribution in [0.1, 0.15) is 24.5 Å². The Balaban J connectivity index is 3.20. The van der Waals surface area contributed by atoms with Gasteiger partial charge >= 0.3 is 6.18 Å². The van der Waals surface area contributed by atoms with E-state index in [1.54, 1.807) is 6.92 Å². The van der Waals surface area contributed by atoms with Gasteiger partial charge < -0.3 is 0 Å². The van der Waals surface area contributed by atoms with Gasteiger partial charge in [-0.15, -0.1) is 0 Å². The van der Waals surface area contributed by atoms with Crippen LogP contribution in [0.3, 0.4) is 0 Å². The highest BCUT2D eigenvalue weighted by Gasteiger charge is 2.34. The first-order valence-electron chi connectivity index (χ1n) is 5.84. The van der Waals surface area contributed by atoms with E-state index in [0.29, 0.717) is 11.8 Å². The number of alkyl halides is 4. The molecular formula is C12H15BrF3NO2S. The smallest absolute Gasteiger partial charge is 0.208 e. The zero-order chi connectivity index (χ0) is 15.6. The summed E-state index contributed by atoms with van der Waals surface area (Å²) in [5.41, 5.74) is -1.23. The molecule has 1 atom stereocenters. The highest BCUT2D eigenvalue weighted by atomic mass is 79.9. The van der Waals surface area contributed by atoms with Crippen LogP contribution in [0, 0.1) is 6.92 Å². The molecule has 1 N–H and O–H groups in total. The molecule has 0 heterocycles. The first kappa shape index (κ1) is 17.5. The Morgan fingerprint density at radius 3 is 2.45 bits per heavy atom. The molecule has 0 fully saturated rings. The van der Waals surface area contributed by atoms with E-state index < -0.39 is 21.8 Å². The molecule has 1 rings (SSSR count). The van der Waals surface area contributed by atoms with Gasteiger partial charge in [-0.1, -0.05) is 22.0 Å². The van der Waals surface area contributed by atoms with Crippen molar-refractivity contribution in [2.75, 3.05) is 5.33 Å². The number of benzene rings is 1. The van der Waals surface area contributed by atoms with E-state index in [0.717, 1.165) is 19.1 Å². The largest absolute Gasteiger partial charge is 0.416 e. The first-order valence-corrected chi connectivity index (χ1v) is 8.45. The SMILES string of the molecule is Cc1c(C(F)(F)F)cccc1S(=O)(=O)NC(C)CCBr. The second-order valence-electron chi connectivity index (χ2n) is 4.43. The standard InChI is InChI=1S/C12H15BrF3NO2S/c1-8(6-7-13)17-20(18,19)11-5-3-4-10(9(11)2)12(14,15)16/h3-5,8,17H,6-7H2,1-2H3. The molecule has 0 saturated carbocycles. The molecule has 20 heavy (non-hydrogen) atoms. The van der Waals surface area contributed by atoms with E-state index in [1.165, 1.54) is 6.07 Å². The molecule has 0 aliphatic carbocycles. The summed E-state index contributed by atoms with van der Waals surface area (Å²) in [5, 5.41) is 0.595. The maximum absolute atomic E-state index is 12.8. The molecule has 3 nitrogen and oxygen atoms in total. The molecule has 0 spiro atoms. The van der Waals surface area contributed by atoms with Crippen molar-refractivity contribution in [2.45, 2.75) is 37.4 Å². The lowest BCUT2D eigenvalue weighted by atomic mass is 10.1. The lowest BCUT2D eigenvalue weighted by molar-refractivity contribution is -0.138. The predicted octanol–water partition coefficient (Wildman–Crippen LogP) is 3.47. The Bertz CT molecular complexity index is 573. The number of hydrogen-bond acceptors (Lipinski definition) is 2. The molecule has 0 aliphatic rings. The summed E-state index contributed by atoms with van der Waals surface area (Å²) in [6.07, 6.45) is -4.03. The fraction of sp³-hybridized carbons (Fsp3) is 0.500. The third-order valence-electron chi connectivity index (χ3n) is 2.78. The summed E-state index contributed by atoms with van der Waals surface area (Å²) in [4.78, 5) is -0.339. The minimum absolute atomic E-state index is 0.293. The van der Waals surface area contributed by atoms with Crippen LogP contribution in [0.4, 0.5) is 13.2 Å². The van der Waals surface area contributed by atoms with E-state index in [-0.39, 0.29) is 16.5 Å². The predicted molar refractivity (Wildman–Crippen MR) is 74.4 cm³/mol. The van der Waals surface area contributed by atoms with Crippen LogP contribution in [-0.2, 0) is 16.2 Å². The van der Waals surface area contributed by atoms with Gasteiger partial charge in [0.25, 0.3) is 0 Å². The van der Waals surface area contributed by atoms with Gasteiger partial charge in [0.2, 0.25) is 10.0 Å². The fourth-order valence-electron chi connectivity index (χ4n) is 1.76. The Kier molecular flexibility index (Phi) is 5.62. The van der Waals surface area contributed by atoms with Gasteiger partial charge in [0.15, 0.2) is 0 Å². The van der Waals surface area contributed by atoms with E-state index in [4.69, 9.17) is 0 Å². The summed E-state index contributed by atoms with van der Waals surface area (Å²) in [6.45, 7) is 2.81. The lowest BCUT2D eigenvalue weighted by Crippen LogP contribution is -2.33. The summed E-state index contributed by atoms with van der Waals surface area (Å²) < 4.78 is 65.0. The van der Waals surface area contributed by atoms with Crippen LogP contribution in [0.5, 0.6) is 0 Å². The summed E-state index contributed by atoms with van der Waals surface area (Å²) in [5.74, 6) is 0. The second kappa shape index (κ2) is 6.44. The van der Waals surface area contributed by atoms with Gasteiger partial charge in [-0.3, -0.25) is 0 Å². The molecule has 0 aromatic heterocycles. The molecule has 8 heteroatoms. The molecule has 1 aromatic rings. The van der Waals surface area contributed by atoms with E-state index >= 15 is 0 Å². The van der Waals surface area contributed by atoms with Gasteiger partial charge in [-0.05, 0) is 38.0 Å². The Morgan fingerprint density at radius 2 is 1.95 bits per heavy atom. The van der Waals surface area contributed by atoms with Crippen molar-refractivity contribution < 1.29 is 21.6 Å². The maximum Gasteiger partial charge on any atom is 0.416 e. The summed E-state index contributed by atoms with van der Waals surface area (Å²) >= 11 is 3.18. The van der Waals surface area contributed by atoms with Gasteiger partial charge in [0.1, 0.15) is 0 Å². The molecule has 0 bridgehead atoms. The minimum atomic E-state index is -4.57. The quantitative estimate of drug-likeness (QED) is 0.803. The molecule has 1 aromatic carbocycles. The molecule has 0 radical (unpaired) electrons. The third-order valence-corrected chi connectivity index (χ3v) is 4.97.